The van der Waals surface area contributed by atoms with Crippen molar-refractivity contribution in [1.82, 2.24) is 9.55 Å². The van der Waals surface area contributed by atoms with E-state index in [2.05, 4.69) is 238 Å². The fourth-order valence-electron chi connectivity index (χ4n) is 10.9. The highest BCUT2D eigenvalue weighted by Crippen LogP contribution is 2.50. The number of benzene rings is 10. The number of aryl methyl sites for hydroxylation is 1. The van der Waals surface area contributed by atoms with Crippen molar-refractivity contribution >= 4 is 54.1 Å². The molecule has 2 nitrogen and oxygen atoms in total. The van der Waals surface area contributed by atoms with E-state index in [-0.39, 0.29) is 5.41 Å². The van der Waals surface area contributed by atoms with E-state index in [1.165, 1.54) is 98.7 Å². The molecule has 0 atom stereocenters. The van der Waals surface area contributed by atoms with Crippen LogP contribution in [0.2, 0.25) is 0 Å². The Morgan fingerprint density at radius 2 is 0.846 bits per heavy atom. The molecule has 0 unspecified atom stereocenters. The molecule has 2 aromatic heterocycles. The Balaban J connectivity index is 1.08. The summed E-state index contributed by atoms with van der Waals surface area (Å²) in [6, 6.07) is 78.6. The summed E-state index contributed by atoms with van der Waals surface area (Å²) < 4.78 is 2.48. The van der Waals surface area contributed by atoms with Gasteiger partial charge in [0.1, 0.15) is 0 Å². The van der Waals surface area contributed by atoms with Crippen LogP contribution in [0.25, 0.3) is 116 Å². The third-order valence-corrected chi connectivity index (χ3v) is 14.2. The lowest BCUT2D eigenvalue weighted by molar-refractivity contribution is 0.660. The molecular weight excluding hydrogens is 785 g/mol. The Morgan fingerprint density at radius 1 is 0.338 bits per heavy atom. The van der Waals surface area contributed by atoms with Crippen LogP contribution in [0, 0.1) is 6.92 Å². The van der Waals surface area contributed by atoms with Gasteiger partial charge >= 0.3 is 0 Å². The monoisotopic (exact) mass is 828 g/mol. The molecule has 0 bridgehead atoms. The lowest BCUT2D eigenvalue weighted by Gasteiger charge is -2.22. The van der Waals surface area contributed by atoms with Crippen molar-refractivity contribution in [2.24, 2.45) is 0 Å². The van der Waals surface area contributed by atoms with Gasteiger partial charge in [-0.05, 0) is 132 Å². The van der Waals surface area contributed by atoms with Crippen LogP contribution in [0.1, 0.15) is 30.5 Å². The Morgan fingerprint density at radius 3 is 1.57 bits per heavy atom. The van der Waals surface area contributed by atoms with Gasteiger partial charge in [-0.15, -0.1) is 0 Å². The largest absolute Gasteiger partial charge is 0.309 e. The first-order chi connectivity index (χ1) is 31.9. The molecule has 13 rings (SSSR count). The molecule has 1 aliphatic rings. The molecule has 0 saturated carbocycles. The minimum atomic E-state index is -0.0645. The maximum Gasteiger partial charge on any atom is 0.0730 e. The van der Waals surface area contributed by atoms with Crippen LogP contribution in [0.3, 0.4) is 0 Å². The summed E-state index contributed by atoms with van der Waals surface area (Å²) in [5.41, 5.74) is 19.0. The van der Waals surface area contributed by atoms with E-state index in [1.807, 2.05) is 0 Å². The van der Waals surface area contributed by atoms with Gasteiger partial charge < -0.3 is 4.57 Å². The zero-order valence-corrected chi connectivity index (χ0v) is 36.6. The number of hydrogen-bond donors (Lipinski definition) is 0. The predicted octanol–water partition coefficient (Wildman–Crippen LogP) is 16.9. The van der Waals surface area contributed by atoms with E-state index in [9.17, 15) is 0 Å². The molecule has 12 aromatic rings. The second kappa shape index (κ2) is 14.2. The summed E-state index contributed by atoms with van der Waals surface area (Å²) in [5.74, 6) is 0. The molecule has 1 aliphatic carbocycles. The van der Waals surface area contributed by atoms with Crippen molar-refractivity contribution in [3.05, 3.63) is 229 Å². The van der Waals surface area contributed by atoms with Crippen molar-refractivity contribution in [2.45, 2.75) is 26.2 Å². The fourth-order valence-corrected chi connectivity index (χ4v) is 10.9. The second-order valence-electron chi connectivity index (χ2n) is 18.4. The van der Waals surface area contributed by atoms with Crippen LogP contribution >= 0.6 is 0 Å². The SMILES string of the molecule is Cc1ccc(-c2ccc3c(c2)c2cc4c5ccccc5c5cc(-c6ccc7c(c6)C(C)(C)c6ccccc6-7)ccc5c4cc2n3-c2cc(-c3ccccc3)nc(-c3ccccc3)c2)cc1. The molecule has 0 fully saturated rings. The molecule has 2 heterocycles. The second-order valence-corrected chi connectivity index (χ2v) is 18.4. The molecule has 0 saturated heterocycles. The summed E-state index contributed by atoms with van der Waals surface area (Å²) in [4.78, 5) is 5.29. The van der Waals surface area contributed by atoms with Gasteiger partial charge in [-0.3, -0.25) is 0 Å². The van der Waals surface area contributed by atoms with Gasteiger partial charge in [-0.25, -0.2) is 4.98 Å². The average molecular weight is 829 g/mol. The molecule has 0 radical (unpaired) electrons. The molecule has 0 N–H and O–H groups in total. The molecule has 65 heavy (non-hydrogen) atoms. The Labute approximate surface area is 378 Å². The quantitative estimate of drug-likeness (QED) is 0.158. The highest BCUT2D eigenvalue weighted by atomic mass is 15.0. The highest BCUT2D eigenvalue weighted by molar-refractivity contribution is 6.29. The van der Waals surface area contributed by atoms with Crippen LogP contribution in [-0.2, 0) is 5.41 Å². The zero-order chi connectivity index (χ0) is 43.4. The van der Waals surface area contributed by atoms with E-state index in [1.54, 1.807) is 0 Å². The van der Waals surface area contributed by atoms with E-state index in [0.29, 0.717) is 0 Å². The smallest absolute Gasteiger partial charge is 0.0730 e. The van der Waals surface area contributed by atoms with Gasteiger partial charge in [-0.2, -0.15) is 0 Å². The van der Waals surface area contributed by atoms with Gasteiger partial charge in [0.15, 0.2) is 0 Å². The highest BCUT2D eigenvalue weighted by Gasteiger charge is 2.35. The van der Waals surface area contributed by atoms with Gasteiger partial charge in [0.2, 0.25) is 0 Å². The summed E-state index contributed by atoms with van der Waals surface area (Å²) in [6.07, 6.45) is 0. The topological polar surface area (TPSA) is 17.8 Å². The van der Waals surface area contributed by atoms with Gasteiger partial charge in [0.05, 0.1) is 28.1 Å². The number of nitrogens with zero attached hydrogens (tertiary/aromatic N) is 2. The zero-order valence-electron chi connectivity index (χ0n) is 36.6. The van der Waals surface area contributed by atoms with Gasteiger partial charge in [0.25, 0.3) is 0 Å². The summed E-state index contributed by atoms with van der Waals surface area (Å²) in [5, 5.41) is 9.99. The molecule has 2 heteroatoms. The summed E-state index contributed by atoms with van der Waals surface area (Å²) in [7, 11) is 0. The number of rotatable bonds is 5. The number of aromatic nitrogens is 2. The minimum Gasteiger partial charge on any atom is -0.309 e. The lowest BCUT2D eigenvalue weighted by Crippen LogP contribution is -2.14. The number of hydrogen-bond acceptors (Lipinski definition) is 1. The maximum absolute atomic E-state index is 5.29. The molecule has 0 amide bonds. The maximum atomic E-state index is 5.29. The molecule has 10 aromatic carbocycles. The Kier molecular flexibility index (Phi) is 8.20. The first kappa shape index (κ1) is 37.5. The molecule has 0 aliphatic heterocycles. The normalized spacial score (nSPS) is 13.0. The van der Waals surface area contributed by atoms with Crippen molar-refractivity contribution < 1.29 is 0 Å². The Bertz CT molecular complexity index is 3830. The van der Waals surface area contributed by atoms with E-state index in [0.717, 1.165) is 33.7 Å². The van der Waals surface area contributed by atoms with Crippen LogP contribution in [-0.4, -0.2) is 9.55 Å². The number of fused-ring (bicyclic) bond motifs is 12. The van der Waals surface area contributed by atoms with Crippen molar-refractivity contribution in [1.29, 1.82) is 0 Å². The van der Waals surface area contributed by atoms with Crippen molar-refractivity contribution in [3.8, 4) is 61.6 Å². The minimum absolute atomic E-state index is 0.0645. The number of pyridine rings is 1. The predicted molar refractivity (Wildman–Crippen MR) is 275 cm³/mol. The van der Waals surface area contributed by atoms with Crippen LogP contribution in [0.15, 0.2) is 212 Å². The third kappa shape index (κ3) is 5.84. The van der Waals surface area contributed by atoms with E-state index >= 15 is 0 Å². The fraction of sp³-hybridized carbons (Fsp3) is 0.0635. The average Bonchev–Trinajstić information content (AvgIpc) is 3.80. The molecule has 0 spiro atoms. The van der Waals surface area contributed by atoms with Gasteiger partial charge in [0, 0.05) is 27.3 Å². The first-order valence-electron chi connectivity index (χ1n) is 22.7. The molecular formula is C63H44N2. The van der Waals surface area contributed by atoms with Gasteiger partial charge in [-0.1, -0.05) is 183 Å². The van der Waals surface area contributed by atoms with Crippen LogP contribution < -0.4 is 0 Å². The van der Waals surface area contributed by atoms with Crippen molar-refractivity contribution in [2.75, 3.05) is 0 Å². The molecule has 306 valence electrons. The van der Waals surface area contributed by atoms with Crippen molar-refractivity contribution in [3.63, 3.8) is 0 Å². The summed E-state index contributed by atoms with van der Waals surface area (Å²) >= 11 is 0. The standard InChI is InChI=1S/C63H44N2/c1-39-22-24-40(25-23-39)43-28-31-61-55(33-43)56-37-53-48-19-11-10-18-47(48)52-32-44(45-27-30-51-50-20-12-13-21-57(50)63(2,3)58(51)34-45)26-29-49(52)54(53)38-62(56)65(61)46-35-59(41-14-6-4-7-15-41)64-60(36-46)42-16-8-5-9-17-42/h4-38H,1-3H3. The Hall–Kier alpha value is -8.07. The van der Waals surface area contributed by atoms with Crippen LogP contribution in [0.5, 0.6) is 0 Å². The summed E-state index contributed by atoms with van der Waals surface area (Å²) in [6.45, 7) is 6.87. The first-order valence-corrected chi connectivity index (χ1v) is 22.7. The van der Waals surface area contributed by atoms with Crippen LogP contribution in [0.4, 0.5) is 0 Å². The van der Waals surface area contributed by atoms with E-state index in [4.69, 9.17) is 4.98 Å². The lowest BCUT2D eigenvalue weighted by atomic mass is 9.81. The van der Waals surface area contributed by atoms with E-state index < -0.39 is 0 Å². The third-order valence-electron chi connectivity index (χ3n) is 14.2.